The molecule has 1 N–H and O–H groups in total. The molecule has 3 fully saturated rings. The van der Waals surface area contributed by atoms with Crippen molar-refractivity contribution in [3.63, 3.8) is 0 Å². The van der Waals surface area contributed by atoms with E-state index in [0.717, 1.165) is 37.6 Å². The third-order valence-corrected chi connectivity index (χ3v) is 5.44. The summed E-state index contributed by atoms with van der Waals surface area (Å²) in [6, 6.07) is -0.0267. The Morgan fingerprint density at radius 2 is 2.28 bits per heavy atom. The van der Waals surface area contributed by atoms with E-state index in [1.807, 2.05) is 0 Å². The molecule has 3 rings (SSSR count). The smallest absolute Gasteiger partial charge is 0.323 e. The second-order valence-electron chi connectivity index (χ2n) is 6.60. The van der Waals surface area contributed by atoms with Gasteiger partial charge in [-0.05, 0) is 49.4 Å². The summed E-state index contributed by atoms with van der Waals surface area (Å²) in [5.74, 6) is 1.82. The van der Waals surface area contributed by atoms with Crippen molar-refractivity contribution in [3.8, 4) is 0 Å². The summed E-state index contributed by atoms with van der Waals surface area (Å²) in [6.45, 7) is 3.75. The minimum absolute atomic E-state index is 0.0110. The van der Waals surface area contributed by atoms with Crippen LogP contribution in [0.1, 0.15) is 51.9 Å². The maximum Gasteiger partial charge on any atom is 0.323 e. The van der Waals surface area contributed by atoms with Gasteiger partial charge in [0.15, 0.2) is 0 Å². The number of hydrogen-bond acceptors (Lipinski definition) is 3. The molecule has 4 unspecified atom stereocenters. The highest BCUT2D eigenvalue weighted by molar-refractivity contribution is 5.76. The van der Waals surface area contributed by atoms with Gasteiger partial charge < -0.3 is 10.1 Å². The maximum atomic E-state index is 12.0. The van der Waals surface area contributed by atoms with Gasteiger partial charge in [-0.25, -0.2) is 0 Å². The summed E-state index contributed by atoms with van der Waals surface area (Å²) in [5.41, 5.74) is 0.442. The summed E-state index contributed by atoms with van der Waals surface area (Å²) < 4.78 is 5.35. The van der Waals surface area contributed by atoms with Crippen LogP contribution in [0.4, 0.5) is 0 Å². The molecule has 0 aromatic rings. The van der Waals surface area contributed by atoms with Crippen LogP contribution in [0.2, 0.25) is 0 Å². The zero-order valence-electron chi connectivity index (χ0n) is 11.4. The first kappa shape index (κ1) is 12.5. The molecule has 4 atom stereocenters. The van der Waals surface area contributed by atoms with E-state index in [9.17, 15) is 4.79 Å². The lowest BCUT2D eigenvalue weighted by atomic mass is 9.72. The van der Waals surface area contributed by atoms with Crippen LogP contribution in [0.3, 0.4) is 0 Å². The number of esters is 1. The molecule has 3 heteroatoms. The zero-order valence-corrected chi connectivity index (χ0v) is 11.4. The Kier molecular flexibility index (Phi) is 3.35. The van der Waals surface area contributed by atoms with Gasteiger partial charge in [0.05, 0.1) is 6.61 Å². The quantitative estimate of drug-likeness (QED) is 0.616. The van der Waals surface area contributed by atoms with Gasteiger partial charge in [0, 0.05) is 6.54 Å². The van der Waals surface area contributed by atoms with Crippen LogP contribution in [0.5, 0.6) is 0 Å². The molecule has 0 amide bonds. The van der Waals surface area contributed by atoms with E-state index < -0.39 is 0 Å². The maximum absolute atomic E-state index is 12.0. The number of hydrogen-bond donors (Lipinski definition) is 1. The molecule has 2 bridgehead atoms. The molecule has 1 saturated heterocycles. The van der Waals surface area contributed by atoms with E-state index in [1.165, 1.54) is 25.7 Å². The Morgan fingerprint density at radius 3 is 2.94 bits per heavy atom. The van der Waals surface area contributed by atoms with E-state index in [1.54, 1.807) is 0 Å². The Morgan fingerprint density at radius 1 is 1.39 bits per heavy atom. The first-order valence-electron chi connectivity index (χ1n) is 7.63. The summed E-state index contributed by atoms with van der Waals surface area (Å²) in [4.78, 5) is 12.0. The van der Waals surface area contributed by atoms with Crippen molar-refractivity contribution in [1.82, 2.24) is 5.32 Å². The second-order valence-corrected chi connectivity index (χ2v) is 6.60. The fourth-order valence-electron chi connectivity index (χ4n) is 4.49. The summed E-state index contributed by atoms with van der Waals surface area (Å²) in [7, 11) is 0. The first-order chi connectivity index (χ1) is 8.73. The standard InChI is InChI=1S/C15H25NO2/c1-2-3-6-18-14(17)13-9-15(10-16-13)8-11-4-5-12(15)7-11/h11-13,16H,2-10H2,1H3. The molecule has 102 valence electrons. The van der Waals surface area contributed by atoms with Gasteiger partial charge in [0.2, 0.25) is 0 Å². The molecular formula is C15H25NO2. The van der Waals surface area contributed by atoms with Gasteiger partial charge in [0.25, 0.3) is 0 Å². The normalized spacial score (nSPS) is 41.7. The van der Waals surface area contributed by atoms with Gasteiger partial charge in [0.1, 0.15) is 6.04 Å². The van der Waals surface area contributed by atoms with Gasteiger partial charge in [-0.3, -0.25) is 4.79 Å². The number of carbonyl (C=O) groups excluding carboxylic acids is 1. The average Bonchev–Trinajstić information content (AvgIpc) is 3.05. The molecule has 3 aliphatic rings. The lowest BCUT2D eigenvalue weighted by Gasteiger charge is -2.32. The number of nitrogens with one attached hydrogen (secondary N) is 1. The van der Waals surface area contributed by atoms with E-state index in [4.69, 9.17) is 4.74 Å². The second kappa shape index (κ2) is 4.84. The van der Waals surface area contributed by atoms with Crippen molar-refractivity contribution in [2.45, 2.75) is 57.9 Å². The van der Waals surface area contributed by atoms with Crippen LogP contribution in [-0.4, -0.2) is 25.2 Å². The number of ether oxygens (including phenoxy) is 1. The molecule has 0 aromatic heterocycles. The van der Waals surface area contributed by atoms with Crippen molar-refractivity contribution in [2.24, 2.45) is 17.3 Å². The van der Waals surface area contributed by atoms with E-state index >= 15 is 0 Å². The average molecular weight is 251 g/mol. The molecule has 0 radical (unpaired) electrons. The predicted octanol–water partition coefficient (Wildman–Crippen LogP) is 2.50. The largest absolute Gasteiger partial charge is 0.465 e. The van der Waals surface area contributed by atoms with Crippen LogP contribution >= 0.6 is 0 Å². The van der Waals surface area contributed by atoms with E-state index in [2.05, 4.69) is 12.2 Å². The fraction of sp³-hybridized carbons (Fsp3) is 0.933. The predicted molar refractivity (Wildman–Crippen MR) is 70.2 cm³/mol. The van der Waals surface area contributed by atoms with Crippen LogP contribution < -0.4 is 5.32 Å². The van der Waals surface area contributed by atoms with E-state index in [0.29, 0.717) is 12.0 Å². The summed E-state index contributed by atoms with van der Waals surface area (Å²) in [5, 5.41) is 3.43. The molecule has 18 heavy (non-hydrogen) atoms. The van der Waals surface area contributed by atoms with Gasteiger partial charge in [-0.2, -0.15) is 0 Å². The molecule has 1 heterocycles. The van der Waals surface area contributed by atoms with Crippen LogP contribution in [0, 0.1) is 17.3 Å². The number of rotatable bonds is 4. The lowest BCUT2D eigenvalue weighted by molar-refractivity contribution is -0.146. The van der Waals surface area contributed by atoms with Crippen molar-refractivity contribution < 1.29 is 9.53 Å². The number of fused-ring (bicyclic) bond motifs is 3. The molecule has 1 spiro atoms. The minimum Gasteiger partial charge on any atom is -0.465 e. The third kappa shape index (κ3) is 2.07. The fourth-order valence-corrected chi connectivity index (χ4v) is 4.49. The molecule has 0 aromatic carbocycles. The molecule has 1 aliphatic heterocycles. The summed E-state index contributed by atoms with van der Waals surface area (Å²) >= 11 is 0. The van der Waals surface area contributed by atoms with Gasteiger partial charge in [-0.15, -0.1) is 0 Å². The highest BCUT2D eigenvalue weighted by Gasteiger charge is 2.55. The molecule has 2 saturated carbocycles. The SMILES string of the molecule is CCCCOC(=O)C1CC2(CN1)CC1CCC2C1. The zero-order chi connectivity index (χ0) is 12.6. The van der Waals surface area contributed by atoms with Gasteiger partial charge >= 0.3 is 5.97 Å². The topological polar surface area (TPSA) is 38.3 Å². The van der Waals surface area contributed by atoms with Crippen LogP contribution in [0.25, 0.3) is 0 Å². The highest BCUT2D eigenvalue weighted by Crippen LogP contribution is 2.59. The van der Waals surface area contributed by atoms with Crippen LogP contribution in [-0.2, 0) is 9.53 Å². The number of carbonyl (C=O) groups is 1. The van der Waals surface area contributed by atoms with E-state index in [-0.39, 0.29) is 12.0 Å². The van der Waals surface area contributed by atoms with Crippen LogP contribution in [0.15, 0.2) is 0 Å². The number of unbranched alkanes of at least 4 members (excludes halogenated alkanes) is 1. The highest BCUT2D eigenvalue weighted by atomic mass is 16.5. The lowest BCUT2D eigenvalue weighted by Crippen LogP contribution is -2.32. The Bertz CT molecular complexity index is 330. The Labute approximate surface area is 110 Å². The minimum atomic E-state index is -0.0267. The molecule has 3 nitrogen and oxygen atoms in total. The van der Waals surface area contributed by atoms with Crippen molar-refractivity contribution in [3.05, 3.63) is 0 Å². The monoisotopic (exact) mass is 251 g/mol. The molecule has 2 aliphatic carbocycles. The first-order valence-corrected chi connectivity index (χ1v) is 7.63. The Hall–Kier alpha value is -0.570. The third-order valence-electron chi connectivity index (χ3n) is 5.44. The molecular weight excluding hydrogens is 226 g/mol. The Balaban J connectivity index is 1.54. The summed E-state index contributed by atoms with van der Waals surface area (Å²) in [6.07, 6.45) is 8.68. The van der Waals surface area contributed by atoms with Crippen molar-refractivity contribution >= 4 is 5.97 Å². The van der Waals surface area contributed by atoms with Gasteiger partial charge in [-0.1, -0.05) is 19.8 Å². The van der Waals surface area contributed by atoms with Crippen molar-refractivity contribution in [1.29, 1.82) is 0 Å². The van der Waals surface area contributed by atoms with Crippen molar-refractivity contribution in [2.75, 3.05) is 13.2 Å².